The molecule has 0 N–H and O–H groups in total. The van der Waals surface area contributed by atoms with E-state index in [0.717, 1.165) is 0 Å². The molecule has 0 heterocycles. The van der Waals surface area contributed by atoms with Crippen molar-refractivity contribution in [3.05, 3.63) is 12.2 Å². The Bertz CT molecular complexity index is 134. The van der Waals surface area contributed by atoms with E-state index in [9.17, 15) is 0 Å². The summed E-state index contributed by atoms with van der Waals surface area (Å²) in [5, 5.41) is 0. The van der Waals surface area contributed by atoms with Gasteiger partial charge in [-0.15, -0.1) is 0 Å². The van der Waals surface area contributed by atoms with Gasteiger partial charge in [0.25, 0.3) is 0 Å². The zero-order chi connectivity index (χ0) is 7.61. The second-order valence-electron chi connectivity index (χ2n) is 3.15. The summed E-state index contributed by atoms with van der Waals surface area (Å²) in [6.45, 7) is 4.55. The molecule has 1 aliphatic rings. The molecule has 1 heteroatoms. The van der Waals surface area contributed by atoms with Gasteiger partial charge in [-0.1, -0.05) is 41.9 Å². The van der Waals surface area contributed by atoms with Gasteiger partial charge in [0.15, 0.2) is 0 Å². The van der Waals surface area contributed by atoms with Gasteiger partial charge in [-0.3, -0.25) is 0 Å². The Morgan fingerprint density at radius 3 is 2.30 bits per heavy atom. The second-order valence-corrected chi connectivity index (χ2v) is 4.32. The summed E-state index contributed by atoms with van der Waals surface area (Å²) in [5.74, 6) is 0. The molecule has 0 spiro atoms. The third-order valence-corrected chi connectivity index (χ3v) is 3.30. The first-order valence-corrected chi connectivity index (χ1v) is 4.97. The van der Waals surface area contributed by atoms with E-state index in [-0.39, 0.29) is 0 Å². The van der Waals surface area contributed by atoms with Crippen LogP contribution < -0.4 is 0 Å². The van der Waals surface area contributed by atoms with Crippen molar-refractivity contribution in [2.45, 2.75) is 37.9 Å². The number of halogens is 1. The minimum absolute atomic E-state index is 0.522. The first-order chi connectivity index (χ1) is 4.72. The van der Waals surface area contributed by atoms with Gasteiger partial charge in [0.05, 0.1) is 0 Å². The van der Waals surface area contributed by atoms with Crippen molar-refractivity contribution in [2.75, 3.05) is 0 Å². The highest BCUT2D eigenvalue weighted by Gasteiger charge is 2.29. The van der Waals surface area contributed by atoms with Crippen LogP contribution in [0.5, 0.6) is 0 Å². The van der Waals surface area contributed by atoms with Crippen molar-refractivity contribution in [2.24, 2.45) is 5.41 Å². The van der Waals surface area contributed by atoms with Crippen LogP contribution in [0.1, 0.15) is 33.1 Å². The van der Waals surface area contributed by atoms with Gasteiger partial charge in [-0.25, -0.2) is 0 Å². The predicted molar refractivity (Wildman–Crippen MR) is 49.5 cm³/mol. The maximum atomic E-state index is 3.61. The Hall–Kier alpha value is 0.220. The first kappa shape index (κ1) is 8.32. The van der Waals surface area contributed by atoms with Gasteiger partial charge in [0.1, 0.15) is 0 Å². The molecule has 0 nitrogen and oxygen atoms in total. The molecule has 10 heavy (non-hydrogen) atoms. The number of allylic oxidation sites excluding steroid dienone is 2. The molecule has 0 aromatic heterocycles. The molecule has 58 valence electrons. The fourth-order valence-corrected chi connectivity index (χ4v) is 2.40. The second kappa shape index (κ2) is 3.08. The van der Waals surface area contributed by atoms with Gasteiger partial charge < -0.3 is 0 Å². The first-order valence-electron chi connectivity index (χ1n) is 4.06. The molecular formula is C9H15Br. The van der Waals surface area contributed by atoms with Gasteiger partial charge in [0.2, 0.25) is 0 Å². The summed E-state index contributed by atoms with van der Waals surface area (Å²) in [6.07, 6.45) is 8.52. The number of alkyl halides is 1. The Labute approximate surface area is 71.8 Å². The summed E-state index contributed by atoms with van der Waals surface area (Å²) in [5.41, 5.74) is 0.522. The largest absolute Gasteiger partial charge is 0.0845 e. The molecule has 0 saturated heterocycles. The van der Waals surface area contributed by atoms with E-state index in [0.29, 0.717) is 10.2 Å². The number of hydrogen-bond donors (Lipinski definition) is 0. The van der Waals surface area contributed by atoms with E-state index in [1.165, 1.54) is 19.3 Å². The summed E-state index contributed by atoms with van der Waals surface area (Å²) >= 11 is 3.61. The van der Waals surface area contributed by atoms with Crippen LogP contribution in [0.2, 0.25) is 0 Å². The Morgan fingerprint density at radius 1 is 1.50 bits per heavy atom. The van der Waals surface area contributed by atoms with Crippen molar-refractivity contribution in [1.82, 2.24) is 0 Å². The zero-order valence-electron chi connectivity index (χ0n) is 6.73. The van der Waals surface area contributed by atoms with Crippen LogP contribution in [0, 0.1) is 5.41 Å². The lowest BCUT2D eigenvalue weighted by molar-refractivity contribution is 0.350. The van der Waals surface area contributed by atoms with Crippen LogP contribution in [0.3, 0.4) is 0 Å². The minimum atomic E-state index is 0.522. The monoisotopic (exact) mass is 202 g/mol. The average molecular weight is 203 g/mol. The standard InChI is InChI=1S/C9H15Br/c1-3-9(4-2)6-5-8(10)7-9/h5-6,8H,3-4,7H2,1-2H3. The summed E-state index contributed by atoms with van der Waals surface area (Å²) < 4.78 is 0. The molecule has 0 amide bonds. The predicted octanol–water partition coefficient (Wildman–Crippen LogP) is 3.52. The van der Waals surface area contributed by atoms with E-state index < -0.39 is 0 Å². The summed E-state index contributed by atoms with van der Waals surface area (Å²) in [6, 6.07) is 0. The van der Waals surface area contributed by atoms with Crippen LogP contribution in [0.4, 0.5) is 0 Å². The Balaban J connectivity index is 2.61. The maximum absolute atomic E-state index is 3.61. The van der Waals surface area contributed by atoms with Crippen molar-refractivity contribution >= 4 is 15.9 Å². The summed E-state index contributed by atoms with van der Waals surface area (Å²) in [4.78, 5) is 0.632. The number of rotatable bonds is 2. The molecule has 1 aliphatic carbocycles. The lowest BCUT2D eigenvalue weighted by atomic mass is 9.82. The van der Waals surface area contributed by atoms with Gasteiger partial charge in [0, 0.05) is 4.83 Å². The topological polar surface area (TPSA) is 0 Å². The third kappa shape index (κ3) is 1.45. The van der Waals surface area contributed by atoms with E-state index in [1.54, 1.807) is 0 Å². The third-order valence-electron chi connectivity index (χ3n) is 2.67. The molecule has 1 unspecified atom stereocenters. The normalized spacial score (nSPS) is 29.3. The van der Waals surface area contributed by atoms with E-state index in [1.807, 2.05) is 0 Å². The highest BCUT2D eigenvalue weighted by Crippen LogP contribution is 2.40. The van der Waals surface area contributed by atoms with E-state index in [2.05, 4.69) is 41.9 Å². The van der Waals surface area contributed by atoms with Gasteiger partial charge in [-0.2, -0.15) is 0 Å². The van der Waals surface area contributed by atoms with Crippen LogP contribution in [-0.4, -0.2) is 4.83 Å². The van der Waals surface area contributed by atoms with Crippen LogP contribution in [0.25, 0.3) is 0 Å². The lowest BCUT2D eigenvalue weighted by Gasteiger charge is -2.23. The molecule has 0 bridgehead atoms. The fourth-order valence-electron chi connectivity index (χ4n) is 1.61. The highest BCUT2D eigenvalue weighted by molar-refractivity contribution is 9.09. The fraction of sp³-hybridized carbons (Fsp3) is 0.778. The highest BCUT2D eigenvalue weighted by atomic mass is 79.9. The van der Waals surface area contributed by atoms with Crippen molar-refractivity contribution in [3.63, 3.8) is 0 Å². The molecule has 0 aromatic rings. The summed E-state index contributed by atoms with van der Waals surface area (Å²) in [7, 11) is 0. The average Bonchev–Trinajstić information content (AvgIpc) is 2.33. The quantitative estimate of drug-likeness (QED) is 0.475. The molecule has 0 saturated carbocycles. The zero-order valence-corrected chi connectivity index (χ0v) is 8.32. The van der Waals surface area contributed by atoms with E-state index in [4.69, 9.17) is 0 Å². The molecule has 0 aliphatic heterocycles. The Kier molecular flexibility index (Phi) is 2.56. The van der Waals surface area contributed by atoms with Crippen LogP contribution in [-0.2, 0) is 0 Å². The molecule has 0 fully saturated rings. The van der Waals surface area contributed by atoms with Gasteiger partial charge >= 0.3 is 0 Å². The molecular weight excluding hydrogens is 188 g/mol. The van der Waals surface area contributed by atoms with Crippen molar-refractivity contribution in [3.8, 4) is 0 Å². The van der Waals surface area contributed by atoms with Crippen molar-refractivity contribution < 1.29 is 0 Å². The minimum Gasteiger partial charge on any atom is -0.0845 e. The van der Waals surface area contributed by atoms with Crippen LogP contribution in [0.15, 0.2) is 12.2 Å². The maximum Gasteiger partial charge on any atom is 0.0333 e. The smallest absolute Gasteiger partial charge is 0.0333 e. The molecule has 0 aromatic carbocycles. The Morgan fingerprint density at radius 2 is 2.10 bits per heavy atom. The molecule has 0 radical (unpaired) electrons. The number of hydrogen-bond acceptors (Lipinski definition) is 0. The van der Waals surface area contributed by atoms with Crippen molar-refractivity contribution in [1.29, 1.82) is 0 Å². The SMILES string of the molecule is CCC1(CC)C=CC(Br)C1. The van der Waals surface area contributed by atoms with E-state index >= 15 is 0 Å². The molecule has 1 atom stereocenters. The lowest BCUT2D eigenvalue weighted by Crippen LogP contribution is -2.13. The van der Waals surface area contributed by atoms with Gasteiger partial charge in [-0.05, 0) is 24.7 Å². The van der Waals surface area contributed by atoms with Crippen LogP contribution >= 0.6 is 15.9 Å². The molecule has 1 rings (SSSR count).